The number of anilines is 1. The standard InChI is InChI=1S/C18H23N3O4/c22-13-20-8-3-9-21(11-10-20)17(23)19-14-4-5-15-16(12-14)25-18(24-15)6-1-2-7-18/h4-5,12-13H,1-3,6-11H2,(H,19,23). The van der Waals surface area contributed by atoms with Crippen LogP contribution in [-0.4, -0.2) is 54.2 Å². The zero-order valence-electron chi connectivity index (χ0n) is 14.2. The Morgan fingerprint density at radius 3 is 2.64 bits per heavy atom. The molecule has 4 rings (SSSR count). The molecule has 1 aromatic carbocycles. The first-order valence-corrected chi connectivity index (χ1v) is 8.95. The first-order valence-electron chi connectivity index (χ1n) is 8.95. The summed E-state index contributed by atoms with van der Waals surface area (Å²) < 4.78 is 12.0. The van der Waals surface area contributed by atoms with Gasteiger partial charge in [-0.15, -0.1) is 0 Å². The van der Waals surface area contributed by atoms with Crippen LogP contribution in [0.25, 0.3) is 0 Å². The summed E-state index contributed by atoms with van der Waals surface area (Å²) in [4.78, 5) is 26.8. The van der Waals surface area contributed by atoms with Gasteiger partial charge in [-0.05, 0) is 31.4 Å². The number of fused-ring (bicyclic) bond motifs is 1. The summed E-state index contributed by atoms with van der Waals surface area (Å²) in [5.41, 5.74) is 0.693. The van der Waals surface area contributed by atoms with Gasteiger partial charge in [-0.3, -0.25) is 4.79 Å². The van der Waals surface area contributed by atoms with Crippen LogP contribution in [0.2, 0.25) is 0 Å². The van der Waals surface area contributed by atoms with E-state index in [1.54, 1.807) is 9.80 Å². The molecule has 1 N–H and O–H groups in total. The maximum atomic E-state index is 12.5. The number of benzene rings is 1. The van der Waals surface area contributed by atoms with Crippen LogP contribution in [0, 0.1) is 0 Å². The van der Waals surface area contributed by atoms with Gasteiger partial charge in [0, 0.05) is 50.8 Å². The smallest absolute Gasteiger partial charge is 0.321 e. The first-order chi connectivity index (χ1) is 12.2. The van der Waals surface area contributed by atoms with Gasteiger partial charge in [-0.25, -0.2) is 4.79 Å². The fourth-order valence-electron chi connectivity index (χ4n) is 3.74. The van der Waals surface area contributed by atoms with Gasteiger partial charge in [0.15, 0.2) is 11.5 Å². The van der Waals surface area contributed by atoms with Gasteiger partial charge in [0.1, 0.15) is 0 Å². The quantitative estimate of drug-likeness (QED) is 0.836. The molecule has 0 atom stereocenters. The van der Waals surface area contributed by atoms with E-state index in [0.717, 1.165) is 44.3 Å². The highest BCUT2D eigenvalue weighted by molar-refractivity contribution is 5.89. The van der Waals surface area contributed by atoms with Crippen LogP contribution in [-0.2, 0) is 4.79 Å². The van der Waals surface area contributed by atoms with Crippen LogP contribution in [0.5, 0.6) is 11.5 Å². The second-order valence-electron chi connectivity index (χ2n) is 6.90. The summed E-state index contributed by atoms with van der Waals surface area (Å²) >= 11 is 0. The van der Waals surface area contributed by atoms with Crippen molar-refractivity contribution >= 4 is 18.1 Å². The van der Waals surface area contributed by atoms with Crippen molar-refractivity contribution in [1.82, 2.24) is 9.80 Å². The minimum absolute atomic E-state index is 0.151. The summed E-state index contributed by atoms with van der Waals surface area (Å²) in [7, 11) is 0. The molecule has 2 fully saturated rings. The Morgan fingerprint density at radius 1 is 1.04 bits per heavy atom. The number of rotatable bonds is 2. The molecule has 134 valence electrons. The van der Waals surface area contributed by atoms with Gasteiger partial charge in [0.05, 0.1) is 0 Å². The van der Waals surface area contributed by atoms with Gasteiger partial charge in [0.25, 0.3) is 5.79 Å². The monoisotopic (exact) mass is 345 g/mol. The average molecular weight is 345 g/mol. The van der Waals surface area contributed by atoms with Crippen molar-refractivity contribution in [2.24, 2.45) is 0 Å². The lowest BCUT2D eigenvalue weighted by molar-refractivity contribution is -0.118. The van der Waals surface area contributed by atoms with E-state index in [2.05, 4.69) is 5.32 Å². The van der Waals surface area contributed by atoms with Crippen molar-refractivity contribution < 1.29 is 19.1 Å². The number of nitrogens with one attached hydrogen (secondary N) is 1. The Labute approximate surface area is 146 Å². The molecule has 1 saturated carbocycles. The number of nitrogens with zero attached hydrogens (tertiary/aromatic N) is 2. The lowest BCUT2D eigenvalue weighted by Gasteiger charge is -2.21. The summed E-state index contributed by atoms with van der Waals surface area (Å²) in [5, 5.41) is 2.93. The van der Waals surface area contributed by atoms with Crippen molar-refractivity contribution in [2.45, 2.75) is 37.9 Å². The molecule has 1 aliphatic carbocycles. The van der Waals surface area contributed by atoms with E-state index in [4.69, 9.17) is 9.47 Å². The van der Waals surface area contributed by atoms with Gasteiger partial charge < -0.3 is 24.6 Å². The van der Waals surface area contributed by atoms with Crippen LogP contribution in [0.1, 0.15) is 32.1 Å². The van der Waals surface area contributed by atoms with E-state index < -0.39 is 5.79 Å². The second-order valence-corrected chi connectivity index (χ2v) is 6.90. The molecule has 2 aliphatic heterocycles. The number of hydrogen-bond donors (Lipinski definition) is 1. The molecular formula is C18H23N3O4. The summed E-state index contributed by atoms with van der Waals surface area (Å²) in [6, 6.07) is 5.37. The van der Waals surface area contributed by atoms with Crippen molar-refractivity contribution in [3.8, 4) is 11.5 Å². The third-order valence-corrected chi connectivity index (χ3v) is 5.12. The zero-order chi connectivity index (χ0) is 17.3. The topological polar surface area (TPSA) is 71.1 Å². The van der Waals surface area contributed by atoms with Crippen molar-refractivity contribution in [3.63, 3.8) is 0 Å². The molecule has 7 nitrogen and oxygen atoms in total. The largest absolute Gasteiger partial charge is 0.448 e. The number of amides is 3. The Hall–Kier alpha value is -2.44. The highest BCUT2D eigenvalue weighted by Crippen LogP contribution is 2.47. The van der Waals surface area contributed by atoms with Gasteiger partial charge in [0.2, 0.25) is 6.41 Å². The highest BCUT2D eigenvalue weighted by atomic mass is 16.7. The fraction of sp³-hybridized carbons (Fsp3) is 0.556. The van der Waals surface area contributed by atoms with E-state index in [9.17, 15) is 9.59 Å². The van der Waals surface area contributed by atoms with Crippen LogP contribution in [0.3, 0.4) is 0 Å². The molecule has 3 amide bonds. The number of hydrogen-bond acceptors (Lipinski definition) is 4. The van der Waals surface area contributed by atoms with E-state index in [1.807, 2.05) is 18.2 Å². The van der Waals surface area contributed by atoms with Crippen LogP contribution in [0.15, 0.2) is 18.2 Å². The Morgan fingerprint density at radius 2 is 1.84 bits per heavy atom. The molecule has 0 aromatic heterocycles. The number of carbonyl (C=O) groups is 2. The van der Waals surface area contributed by atoms with Crippen LogP contribution >= 0.6 is 0 Å². The molecule has 3 aliphatic rings. The van der Waals surface area contributed by atoms with E-state index in [1.165, 1.54) is 0 Å². The third-order valence-electron chi connectivity index (χ3n) is 5.12. The Kier molecular flexibility index (Phi) is 4.15. The molecule has 2 heterocycles. The highest BCUT2D eigenvalue weighted by Gasteiger charge is 2.44. The molecular weight excluding hydrogens is 322 g/mol. The summed E-state index contributed by atoms with van der Waals surface area (Å²) in [6.07, 6.45) is 5.68. The SMILES string of the molecule is O=CN1CCCN(C(=O)Nc2ccc3c(c2)OC2(CCCC2)O3)CC1. The molecule has 1 aromatic rings. The minimum Gasteiger partial charge on any atom is -0.448 e. The molecule has 25 heavy (non-hydrogen) atoms. The number of carbonyl (C=O) groups excluding carboxylic acids is 2. The molecule has 7 heteroatoms. The van der Waals surface area contributed by atoms with E-state index in [0.29, 0.717) is 37.6 Å². The molecule has 1 spiro atoms. The lowest BCUT2D eigenvalue weighted by Crippen LogP contribution is -2.37. The van der Waals surface area contributed by atoms with Gasteiger partial charge in [-0.1, -0.05) is 0 Å². The third kappa shape index (κ3) is 3.23. The predicted molar refractivity (Wildman–Crippen MR) is 91.7 cm³/mol. The molecule has 0 bridgehead atoms. The molecule has 0 radical (unpaired) electrons. The van der Waals surface area contributed by atoms with Crippen LogP contribution < -0.4 is 14.8 Å². The maximum absolute atomic E-state index is 12.5. The van der Waals surface area contributed by atoms with Gasteiger partial charge >= 0.3 is 6.03 Å². The lowest BCUT2D eigenvalue weighted by atomic mass is 10.2. The Balaban J connectivity index is 1.40. The van der Waals surface area contributed by atoms with Crippen LogP contribution in [0.4, 0.5) is 10.5 Å². The second kappa shape index (κ2) is 6.46. The number of urea groups is 1. The Bertz CT molecular complexity index is 672. The van der Waals surface area contributed by atoms with Crippen molar-refractivity contribution in [1.29, 1.82) is 0 Å². The summed E-state index contributed by atoms with van der Waals surface area (Å²) in [6.45, 7) is 2.45. The number of ether oxygens (including phenoxy) is 2. The van der Waals surface area contributed by atoms with E-state index >= 15 is 0 Å². The molecule has 1 saturated heterocycles. The summed E-state index contributed by atoms with van der Waals surface area (Å²) in [5.74, 6) is 0.951. The fourth-order valence-corrected chi connectivity index (χ4v) is 3.74. The van der Waals surface area contributed by atoms with Crippen molar-refractivity contribution in [3.05, 3.63) is 18.2 Å². The maximum Gasteiger partial charge on any atom is 0.321 e. The van der Waals surface area contributed by atoms with Crippen molar-refractivity contribution in [2.75, 3.05) is 31.5 Å². The van der Waals surface area contributed by atoms with E-state index in [-0.39, 0.29) is 6.03 Å². The normalized spacial score (nSPS) is 21.3. The zero-order valence-corrected chi connectivity index (χ0v) is 14.2. The predicted octanol–water partition coefficient (Wildman–Crippen LogP) is 2.42. The molecule has 0 unspecified atom stereocenters. The van der Waals surface area contributed by atoms with Gasteiger partial charge in [-0.2, -0.15) is 0 Å². The first kappa shape index (κ1) is 16.1. The average Bonchev–Trinajstić information content (AvgIpc) is 3.12. The minimum atomic E-state index is -0.492.